The minimum Gasteiger partial charge on any atom is -0.414 e. The van der Waals surface area contributed by atoms with E-state index in [1.54, 1.807) is 0 Å². The normalized spacial score (nSPS) is 23.5. The molecule has 1 atom stereocenters. The van der Waals surface area contributed by atoms with E-state index in [0.717, 1.165) is 0 Å². The molecule has 0 aliphatic carbocycles. The molecule has 0 bridgehead atoms. The first-order chi connectivity index (χ1) is 6.72. The number of ether oxygens (including phenoxy) is 1. The van der Waals surface area contributed by atoms with Crippen molar-refractivity contribution in [1.29, 1.82) is 0 Å². The first kappa shape index (κ1) is 12.9. The maximum absolute atomic E-state index is 11.0. The lowest BCUT2D eigenvalue weighted by molar-refractivity contribution is -0.117. The Bertz CT molecular complexity index is 243. The summed E-state index contributed by atoms with van der Waals surface area (Å²) in [5, 5.41) is 0.218. The average molecular weight is 230 g/mol. The van der Waals surface area contributed by atoms with Crippen LogP contribution in [0.15, 0.2) is 0 Å². The molecule has 0 aromatic rings. The van der Waals surface area contributed by atoms with Crippen molar-refractivity contribution in [2.45, 2.75) is 51.4 Å². The summed E-state index contributed by atoms with van der Waals surface area (Å²) >= 11 is 0. The molecule has 0 aromatic heterocycles. The lowest BCUT2D eigenvalue weighted by atomic mass is 10.2. The van der Waals surface area contributed by atoms with E-state index in [9.17, 15) is 4.79 Å². The zero-order valence-corrected chi connectivity index (χ0v) is 11.4. The number of hydrogen-bond acceptors (Lipinski definition) is 3. The number of hydrogen-bond donors (Lipinski definition) is 0. The Kier molecular flexibility index (Phi) is 3.74. The van der Waals surface area contributed by atoms with Gasteiger partial charge in [0.15, 0.2) is 14.1 Å². The minimum atomic E-state index is -1.69. The summed E-state index contributed by atoms with van der Waals surface area (Å²) in [6.45, 7) is 11.9. The van der Waals surface area contributed by atoms with Crippen molar-refractivity contribution in [3.8, 4) is 0 Å². The number of rotatable bonds is 3. The largest absolute Gasteiger partial charge is 0.414 e. The van der Waals surface area contributed by atoms with Crippen LogP contribution in [0.2, 0.25) is 18.1 Å². The summed E-state index contributed by atoms with van der Waals surface area (Å²) < 4.78 is 11.3. The van der Waals surface area contributed by atoms with E-state index in [1.807, 2.05) is 0 Å². The van der Waals surface area contributed by atoms with Crippen molar-refractivity contribution in [1.82, 2.24) is 0 Å². The summed E-state index contributed by atoms with van der Waals surface area (Å²) in [4.78, 5) is 11.0. The molecule has 1 fully saturated rings. The zero-order chi connectivity index (χ0) is 11.7. The van der Waals surface area contributed by atoms with Gasteiger partial charge in [0.25, 0.3) is 0 Å². The van der Waals surface area contributed by atoms with Crippen molar-refractivity contribution in [3.05, 3.63) is 0 Å². The Morgan fingerprint density at radius 1 is 1.47 bits per heavy atom. The number of Topliss-reactive ketones (excluding diaryl/α,β-unsaturated/α-hetero) is 1. The summed E-state index contributed by atoms with van der Waals surface area (Å²) in [5.41, 5.74) is 0. The Morgan fingerprint density at radius 3 is 2.47 bits per heavy atom. The molecular formula is C11H22O3Si. The fourth-order valence-electron chi connectivity index (χ4n) is 1.21. The van der Waals surface area contributed by atoms with Crippen molar-refractivity contribution < 1.29 is 14.0 Å². The van der Waals surface area contributed by atoms with Gasteiger partial charge < -0.3 is 9.16 Å². The molecule has 0 aromatic carbocycles. The molecule has 0 amide bonds. The summed E-state index contributed by atoms with van der Waals surface area (Å²) in [6.07, 6.45) is 0.515. The molecule has 1 heterocycles. The van der Waals surface area contributed by atoms with E-state index in [0.29, 0.717) is 13.0 Å². The van der Waals surface area contributed by atoms with Gasteiger partial charge in [-0.05, 0) is 18.1 Å². The van der Waals surface area contributed by atoms with Gasteiger partial charge in [0, 0.05) is 6.42 Å². The first-order valence-electron chi connectivity index (χ1n) is 5.49. The van der Waals surface area contributed by atoms with E-state index < -0.39 is 8.32 Å². The maximum Gasteiger partial charge on any atom is 0.192 e. The van der Waals surface area contributed by atoms with Gasteiger partial charge in [-0.25, -0.2) is 0 Å². The Labute approximate surface area is 93.3 Å². The summed E-state index contributed by atoms with van der Waals surface area (Å²) in [7, 11) is -1.69. The van der Waals surface area contributed by atoms with Crippen LogP contribution in [0.25, 0.3) is 0 Å². The van der Waals surface area contributed by atoms with Gasteiger partial charge in [0.2, 0.25) is 0 Å². The highest BCUT2D eigenvalue weighted by molar-refractivity contribution is 6.74. The number of carbonyl (C=O) groups excluding carboxylic acids is 1. The van der Waals surface area contributed by atoms with Crippen molar-refractivity contribution >= 4 is 14.1 Å². The number of carbonyl (C=O) groups is 1. The fourth-order valence-corrected chi connectivity index (χ4v) is 2.24. The topological polar surface area (TPSA) is 35.5 Å². The van der Waals surface area contributed by atoms with Gasteiger partial charge in [-0.1, -0.05) is 20.8 Å². The van der Waals surface area contributed by atoms with E-state index in [2.05, 4.69) is 33.9 Å². The molecular weight excluding hydrogens is 208 g/mol. The van der Waals surface area contributed by atoms with E-state index in [-0.39, 0.29) is 23.5 Å². The Balaban J connectivity index is 2.40. The van der Waals surface area contributed by atoms with Gasteiger partial charge >= 0.3 is 0 Å². The van der Waals surface area contributed by atoms with Crippen LogP contribution < -0.4 is 0 Å². The highest BCUT2D eigenvalue weighted by Crippen LogP contribution is 2.36. The van der Waals surface area contributed by atoms with Crippen LogP contribution >= 0.6 is 0 Å². The highest BCUT2D eigenvalue weighted by atomic mass is 28.4. The van der Waals surface area contributed by atoms with E-state index in [4.69, 9.17) is 9.16 Å². The molecule has 88 valence electrons. The van der Waals surface area contributed by atoms with Crippen LogP contribution in [-0.4, -0.2) is 33.4 Å². The molecule has 0 saturated carbocycles. The van der Waals surface area contributed by atoms with E-state index in [1.165, 1.54) is 0 Å². The predicted octanol–water partition coefficient (Wildman–Crippen LogP) is 2.37. The lowest BCUT2D eigenvalue weighted by Gasteiger charge is -2.36. The van der Waals surface area contributed by atoms with Crippen molar-refractivity contribution in [3.63, 3.8) is 0 Å². The molecule has 0 N–H and O–H groups in total. The molecule has 3 nitrogen and oxygen atoms in total. The van der Waals surface area contributed by atoms with Crippen LogP contribution in [0.1, 0.15) is 27.2 Å². The zero-order valence-electron chi connectivity index (χ0n) is 10.4. The molecule has 1 rings (SSSR count). The number of ketones is 1. The van der Waals surface area contributed by atoms with Crippen molar-refractivity contribution in [2.24, 2.45) is 0 Å². The molecule has 1 saturated heterocycles. The summed E-state index contributed by atoms with van der Waals surface area (Å²) in [6, 6.07) is 0. The fraction of sp³-hybridized carbons (Fsp3) is 0.909. The summed E-state index contributed by atoms with van der Waals surface area (Å²) in [5.74, 6) is 0.193. The quantitative estimate of drug-likeness (QED) is 0.698. The van der Waals surface area contributed by atoms with Crippen LogP contribution in [0.4, 0.5) is 0 Å². The Hall–Kier alpha value is -0.193. The molecule has 0 radical (unpaired) electrons. The third kappa shape index (κ3) is 3.40. The minimum absolute atomic E-state index is 0.00775. The van der Waals surface area contributed by atoms with Gasteiger partial charge in [-0.3, -0.25) is 4.79 Å². The van der Waals surface area contributed by atoms with Crippen molar-refractivity contribution in [2.75, 3.05) is 13.2 Å². The predicted molar refractivity (Wildman–Crippen MR) is 62.5 cm³/mol. The highest BCUT2D eigenvalue weighted by Gasteiger charge is 2.38. The maximum atomic E-state index is 11.0. The second-order valence-corrected chi connectivity index (χ2v) is 10.6. The standard InChI is InChI=1S/C11H22O3Si/c1-11(2,3)15(4,5)14-8-10-6-9(12)7-13-10/h10H,6-8H2,1-5H3. The van der Waals surface area contributed by atoms with Crippen LogP contribution in [0.5, 0.6) is 0 Å². The smallest absolute Gasteiger partial charge is 0.192 e. The molecule has 1 aliphatic heterocycles. The van der Waals surface area contributed by atoms with Gasteiger partial charge in [0.1, 0.15) is 6.61 Å². The monoisotopic (exact) mass is 230 g/mol. The second-order valence-electron chi connectivity index (χ2n) is 5.75. The van der Waals surface area contributed by atoms with Gasteiger partial charge in [-0.15, -0.1) is 0 Å². The third-order valence-corrected chi connectivity index (χ3v) is 7.87. The SMILES string of the molecule is CC(C)(C)[Si](C)(C)OCC1CC(=O)CO1. The average Bonchev–Trinajstić information content (AvgIpc) is 2.46. The van der Waals surface area contributed by atoms with E-state index >= 15 is 0 Å². The van der Waals surface area contributed by atoms with Gasteiger partial charge in [-0.2, -0.15) is 0 Å². The Morgan fingerprint density at radius 2 is 2.07 bits per heavy atom. The molecule has 4 heteroatoms. The lowest BCUT2D eigenvalue weighted by Crippen LogP contribution is -2.42. The second kappa shape index (κ2) is 4.35. The molecule has 1 unspecified atom stereocenters. The first-order valence-corrected chi connectivity index (χ1v) is 8.40. The molecule has 1 aliphatic rings. The molecule has 0 spiro atoms. The third-order valence-electron chi connectivity index (χ3n) is 3.37. The van der Waals surface area contributed by atoms with Gasteiger partial charge in [0.05, 0.1) is 12.7 Å². The van der Waals surface area contributed by atoms with Crippen LogP contribution in [0, 0.1) is 0 Å². The van der Waals surface area contributed by atoms with Crippen LogP contribution in [0.3, 0.4) is 0 Å². The molecule has 15 heavy (non-hydrogen) atoms. The van der Waals surface area contributed by atoms with Crippen LogP contribution in [-0.2, 0) is 14.0 Å².